The van der Waals surface area contributed by atoms with Gasteiger partial charge in [0.05, 0.1) is 0 Å². The lowest BCUT2D eigenvalue weighted by atomic mass is 9.79. The molecule has 1 fully saturated rings. The molecule has 2 heterocycles. The zero-order valence-corrected chi connectivity index (χ0v) is 17.4. The van der Waals surface area contributed by atoms with E-state index in [0.717, 1.165) is 6.42 Å². The van der Waals surface area contributed by atoms with E-state index < -0.39 is 6.04 Å². The number of nitrogens with zero attached hydrogens (tertiary/aromatic N) is 2. The van der Waals surface area contributed by atoms with Crippen LogP contribution in [0.2, 0.25) is 0 Å². The minimum atomic E-state index is -0.565. The van der Waals surface area contributed by atoms with Crippen LogP contribution in [-0.2, 0) is 4.79 Å². The molecule has 1 aliphatic heterocycles. The minimum absolute atomic E-state index is 0. The molecule has 0 radical (unpaired) electrons. The highest BCUT2D eigenvalue weighted by Gasteiger charge is 2.38. The average Bonchev–Trinajstić information content (AvgIpc) is 2.54. The second kappa shape index (κ2) is 10.1. The first-order valence-electron chi connectivity index (χ1n) is 8.48. The van der Waals surface area contributed by atoms with Crippen molar-refractivity contribution in [3.63, 3.8) is 0 Å². The summed E-state index contributed by atoms with van der Waals surface area (Å²) in [5.41, 5.74) is 6.34. The molecule has 6 nitrogen and oxygen atoms in total. The lowest BCUT2D eigenvalue weighted by Crippen LogP contribution is -2.59. The average molecular weight is 405 g/mol. The maximum atomic E-state index is 13.0. The van der Waals surface area contributed by atoms with Crippen LogP contribution in [0.25, 0.3) is 0 Å². The number of nitrogens with two attached hydrogens (primary N) is 1. The molecule has 2 amide bonds. The Morgan fingerprint density at radius 1 is 1.31 bits per heavy atom. The topological polar surface area (TPSA) is 88.3 Å². The predicted molar refractivity (Wildman–Crippen MR) is 108 cm³/mol. The zero-order chi connectivity index (χ0) is 17.9. The first kappa shape index (κ1) is 24.6. The van der Waals surface area contributed by atoms with Crippen molar-refractivity contribution in [3.05, 3.63) is 30.1 Å². The highest BCUT2D eigenvalue weighted by molar-refractivity contribution is 5.96. The van der Waals surface area contributed by atoms with Crippen LogP contribution in [0.4, 0.5) is 0 Å². The fraction of sp³-hybridized carbons (Fsp3) is 0.611. The maximum absolute atomic E-state index is 13.0. The molecule has 3 N–H and O–H groups in total. The van der Waals surface area contributed by atoms with Crippen molar-refractivity contribution in [2.45, 2.75) is 46.2 Å². The van der Waals surface area contributed by atoms with Gasteiger partial charge >= 0.3 is 0 Å². The van der Waals surface area contributed by atoms with Gasteiger partial charge in [-0.15, -0.1) is 24.8 Å². The molecule has 2 atom stereocenters. The number of carbonyl (C=O) groups is 2. The molecule has 0 aromatic carbocycles. The van der Waals surface area contributed by atoms with Gasteiger partial charge in [0.1, 0.15) is 11.7 Å². The molecule has 0 saturated carbocycles. The molecule has 26 heavy (non-hydrogen) atoms. The van der Waals surface area contributed by atoms with Crippen LogP contribution in [0, 0.1) is 11.3 Å². The van der Waals surface area contributed by atoms with Crippen molar-refractivity contribution in [1.29, 1.82) is 0 Å². The van der Waals surface area contributed by atoms with Crippen molar-refractivity contribution in [2.24, 2.45) is 17.1 Å². The summed E-state index contributed by atoms with van der Waals surface area (Å²) >= 11 is 0. The third-order valence-corrected chi connectivity index (χ3v) is 4.74. The molecule has 2 unspecified atom stereocenters. The number of halogens is 2. The number of pyridine rings is 1. The molecule has 1 aliphatic rings. The van der Waals surface area contributed by atoms with Crippen molar-refractivity contribution >= 4 is 36.6 Å². The van der Waals surface area contributed by atoms with Gasteiger partial charge in [-0.2, -0.15) is 0 Å². The number of piperidine rings is 1. The third-order valence-electron chi connectivity index (χ3n) is 4.74. The lowest BCUT2D eigenvalue weighted by molar-refractivity contribution is -0.137. The van der Waals surface area contributed by atoms with E-state index >= 15 is 0 Å². The van der Waals surface area contributed by atoms with Crippen LogP contribution in [0.5, 0.6) is 0 Å². The Bertz CT molecular complexity index is 596. The predicted octanol–water partition coefficient (Wildman–Crippen LogP) is 2.27. The smallest absolute Gasteiger partial charge is 0.270 e. The van der Waals surface area contributed by atoms with Gasteiger partial charge in [0.2, 0.25) is 5.91 Å². The van der Waals surface area contributed by atoms with E-state index in [4.69, 9.17) is 5.73 Å². The number of carbonyl (C=O) groups excluding carboxylic acids is 2. The minimum Gasteiger partial charge on any atom is -0.340 e. The summed E-state index contributed by atoms with van der Waals surface area (Å²) in [4.78, 5) is 31.2. The Balaban J connectivity index is 0.00000312. The van der Waals surface area contributed by atoms with Crippen molar-refractivity contribution < 1.29 is 9.59 Å². The van der Waals surface area contributed by atoms with Gasteiger partial charge in [-0.3, -0.25) is 14.6 Å². The summed E-state index contributed by atoms with van der Waals surface area (Å²) in [6.45, 7) is 9.26. The normalized spacial score (nSPS) is 19.8. The lowest BCUT2D eigenvalue weighted by Gasteiger charge is -2.44. The van der Waals surface area contributed by atoms with E-state index in [0.29, 0.717) is 18.8 Å². The van der Waals surface area contributed by atoms with Gasteiger partial charge in [-0.25, -0.2) is 0 Å². The van der Waals surface area contributed by atoms with E-state index in [9.17, 15) is 9.59 Å². The number of aromatic nitrogens is 1. The van der Waals surface area contributed by atoms with E-state index in [1.807, 2.05) is 18.7 Å². The van der Waals surface area contributed by atoms with Crippen LogP contribution in [0.15, 0.2) is 24.4 Å². The van der Waals surface area contributed by atoms with Gasteiger partial charge in [0.15, 0.2) is 0 Å². The second-order valence-electron chi connectivity index (χ2n) is 7.55. The summed E-state index contributed by atoms with van der Waals surface area (Å²) in [5.74, 6) is -0.381. The molecular formula is C18H30Cl2N4O2. The number of hydrogen-bond acceptors (Lipinski definition) is 4. The summed E-state index contributed by atoms with van der Waals surface area (Å²) in [5, 5.41) is 2.84. The Kier molecular flexibility index (Phi) is 9.56. The number of nitrogens with one attached hydrogen (secondary N) is 1. The second-order valence-corrected chi connectivity index (χ2v) is 7.55. The van der Waals surface area contributed by atoms with Gasteiger partial charge in [-0.05, 0) is 29.9 Å². The Morgan fingerprint density at radius 3 is 2.46 bits per heavy atom. The summed E-state index contributed by atoms with van der Waals surface area (Å²) < 4.78 is 0. The summed E-state index contributed by atoms with van der Waals surface area (Å²) in [7, 11) is 0. The Labute approximate surface area is 168 Å². The van der Waals surface area contributed by atoms with Gasteiger partial charge in [0.25, 0.3) is 5.91 Å². The quantitative estimate of drug-likeness (QED) is 0.805. The largest absolute Gasteiger partial charge is 0.340 e. The molecule has 148 valence electrons. The highest BCUT2D eigenvalue weighted by Crippen LogP contribution is 2.28. The van der Waals surface area contributed by atoms with Gasteiger partial charge in [-0.1, -0.05) is 33.8 Å². The number of hydrogen-bond donors (Lipinski definition) is 2. The molecular weight excluding hydrogens is 375 g/mol. The maximum Gasteiger partial charge on any atom is 0.270 e. The summed E-state index contributed by atoms with van der Waals surface area (Å²) in [6, 6.07) is 4.66. The van der Waals surface area contributed by atoms with Crippen LogP contribution in [0.1, 0.15) is 44.6 Å². The fourth-order valence-electron chi connectivity index (χ4n) is 2.98. The number of rotatable bonds is 4. The van der Waals surface area contributed by atoms with E-state index in [1.165, 1.54) is 0 Å². The standard InChI is InChI=1S/C18H28N4O2.2ClH/c1-12(2)15(21-16(23)13-7-5-6-9-20-13)17(24)22-10-8-14(19)18(3,4)11-22;;/h5-7,9,12,14-15H,8,10-11,19H2,1-4H3,(H,21,23);2*1H. The molecule has 0 bridgehead atoms. The first-order valence-corrected chi connectivity index (χ1v) is 8.48. The monoisotopic (exact) mass is 404 g/mol. The molecule has 0 aliphatic carbocycles. The fourth-order valence-corrected chi connectivity index (χ4v) is 2.98. The van der Waals surface area contributed by atoms with Gasteiger partial charge in [0, 0.05) is 25.3 Å². The van der Waals surface area contributed by atoms with Gasteiger partial charge < -0.3 is 16.0 Å². The molecule has 0 spiro atoms. The van der Waals surface area contributed by atoms with Crippen LogP contribution >= 0.6 is 24.8 Å². The van der Waals surface area contributed by atoms with E-state index in [-0.39, 0.29) is 54.0 Å². The highest BCUT2D eigenvalue weighted by atomic mass is 35.5. The molecule has 2 rings (SSSR count). The van der Waals surface area contributed by atoms with E-state index in [1.54, 1.807) is 24.4 Å². The molecule has 1 aromatic heterocycles. The number of amides is 2. The first-order chi connectivity index (χ1) is 11.2. The van der Waals surface area contributed by atoms with Crippen LogP contribution in [0.3, 0.4) is 0 Å². The Hall–Kier alpha value is -1.37. The zero-order valence-electron chi connectivity index (χ0n) is 15.8. The molecule has 1 saturated heterocycles. The Morgan fingerprint density at radius 2 is 1.96 bits per heavy atom. The van der Waals surface area contributed by atoms with Crippen LogP contribution in [-0.4, -0.2) is 46.9 Å². The van der Waals surface area contributed by atoms with Crippen molar-refractivity contribution in [1.82, 2.24) is 15.2 Å². The van der Waals surface area contributed by atoms with E-state index in [2.05, 4.69) is 24.1 Å². The van der Waals surface area contributed by atoms with Crippen LogP contribution < -0.4 is 11.1 Å². The SMILES string of the molecule is CC(C)C(NC(=O)c1ccccn1)C(=O)N1CCC(N)C(C)(C)C1.Cl.Cl. The molecule has 1 aromatic rings. The third kappa shape index (κ3) is 5.83. The van der Waals surface area contributed by atoms with Crippen molar-refractivity contribution in [3.8, 4) is 0 Å². The summed E-state index contributed by atoms with van der Waals surface area (Å²) in [6.07, 6.45) is 2.34. The number of likely N-dealkylation sites (tertiary alicyclic amines) is 1. The molecule has 8 heteroatoms. The van der Waals surface area contributed by atoms with Crippen molar-refractivity contribution in [2.75, 3.05) is 13.1 Å².